The standard InChI is InChI=1S/C9H12N2O3S/c1-3-10-7(13)6(5-12)8(14)11(4-2)9(10)15/h5,13H,3-4H2,1-2H3. The van der Waals surface area contributed by atoms with Crippen molar-refractivity contribution < 1.29 is 9.90 Å². The van der Waals surface area contributed by atoms with Gasteiger partial charge in [0.15, 0.2) is 11.1 Å². The molecule has 0 aliphatic carbocycles. The second kappa shape index (κ2) is 4.39. The van der Waals surface area contributed by atoms with Crippen molar-refractivity contribution in [2.45, 2.75) is 26.9 Å². The molecule has 1 aromatic rings. The van der Waals surface area contributed by atoms with Gasteiger partial charge in [0.2, 0.25) is 5.88 Å². The van der Waals surface area contributed by atoms with Crippen LogP contribution >= 0.6 is 12.2 Å². The molecule has 1 rings (SSSR count). The molecule has 1 aromatic heterocycles. The normalized spacial score (nSPS) is 10.3. The molecule has 6 heteroatoms. The van der Waals surface area contributed by atoms with Gasteiger partial charge < -0.3 is 5.11 Å². The summed E-state index contributed by atoms with van der Waals surface area (Å²) in [6.07, 6.45) is 0.352. The number of aldehydes is 1. The van der Waals surface area contributed by atoms with Crippen LogP contribution in [0.4, 0.5) is 0 Å². The number of aromatic nitrogens is 2. The molecule has 0 saturated carbocycles. The lowest BCUT2D eigenvalue weighted by atomic mass is 10.3. The molecule has 0 radical (unpaired) electrons. The van der Waals surface area contributed by atoms with Gasteiger partial charge in [-0.05, 0) is 26.1 Å². The van der Waals surface area contributed by atoms with Crippen LogP contribution in [0.3, 0.4) is 0 Å². The van der Waals surface area contributed by atoms with Crippen molar-refractivity contribution in [2.75, 3.05) is 0 Å². The Hall–Kier alpha value is -1.43. The first-order valence-electron chi connectivity index (χ1n) is 4.60. The fourth-order valence-corrected chi connectivity index (χ4v) is 1.80. The Labute approximate surface area is 91.6 Å². The van der Waals surface area contributed by atoms with E-state index >= 15 is 0 Å². The lowest BCUT2D eigenvalue weighted by Gasteiger charge is -2.12. The van der Waals surface area contributed by atoms with Gasteiger partial charge in [-0.15, -0.1) is 0 Å². The van der Waals surface area contributed by atoms with E-state index in [4.69, 9.17) is 12.2 Å². The third-order valence-corrected chi connectivity index (χ3v) is 2.63. The van der Waals surface area contributed by atoms with Crippen LogP contribution < -0.4 is 5.56 Å². The van der Waals surface area contributed by atoms with Crippen molar-refractivity contribution >= 4 is 18.5 Å². The highest BCUT2D eigenvalue weighted by molar-refractivity contribution is 7.71. The van der Waals surface area contributed by atoms with Crippen LogP contribution in [-0.2, 0) is 13.1 Å². The molecular weight excluding hydrogens is 216 g/mol. The molecule has 0 aliphatic rings. The van der Waals surface area contributed by atoms with E-state index in [-0.39, 0.29) is 16.2 Å². The maximum Gasteiger partial charge on any atom is 0.268 e. The molecule has 0 amide bonds. The predicted molar refractivity (Wildman–Crippen MR) is 57.9 cm³/mol. The van der Waals surface area contributed by atoms with Gasteiger partial charge in [-0.25, -0.2) is 0 Å². The minimum Gasteiger partial charge on any atom is -0.494 e. The summed E-state index contributed by atoms with van der Waals surface area (Å²) in [5.74, 6) is -0.354. The predicted octanol–water partition coefficient (Wildman–Crippen LogP) is 0.937. The number of nitrogens with zero attached hydrogens (tertiary/aromatic N) is 2. The van der Waals surface area contributed by atoms with E-state index < -0.39 is 5.56 Å². The average Bonchev–Trinajstić information content (AvgIpc) is 2.19. The van der Waals surface area contributed by atoms with Crippen molar-refractivity contribution in [1.29, 1.82) is 0 Å². The Morgan fingerprint density at radius 2 is 1.87 bits per heavy atom. The maximum absolute atomic E-state index is 11.6. The van der Waals surface area contributed by atoms with Gasteiger partial charge in [-0.1, -0.05) is 0 Å². The zero-order valence-electron chi connectivity index (χ0n) is 8.56. The number of carbonyl (C=O) groups excluding carboxylic acids is 1. The summed E-state index contributed by atoms with van der Waals surface area (Å²) in [4.78, 5) is 22.3. The summed E-state index contributed by atoms with van der Waals surface area (Å²) in [6, 6.07) is 0. The molecule has 5 nitrogen and oxygen atoms in total. The van der Waals surface area contributed by atoms with E-state index in [1.165, 1.54) is 9.13 Å². The van der Waals surface area contributed by atoms with Gasteiger partial charge in [-0.2, -0.15) is 0 Å². The first kappa shape index (κ1) is 11.6. The zero-order valence-corrected chi connectivity index (χ0v) is 9.37. The molecule has 0 unspecified atom stereocenters. The molecule has 0 aliphatic heterocycles. The molecule has 0 bridgehead atoms. The second-order valence-electron chi connectivity index (χ2n) is 2.93. The molecular formula is C9H12N2O3S. The van der Waals surface area contributed by atoms with Crippen molar-refractivity contribution in [3.8, 4) is 5.88 Å². The Morgan fingerprint density at radius 3 is 2.27 bits per heavy atom. The number of hydrogen-bond donors (Lipinski definition) is 1. The third kappa shape index (κ3) is 1.72. The lowest BCUT2D eigenvalue weighted by molar-refractivity contribution is 0.111. The van der Waals surface area contributed by atoms with Crippen molar-refractivity contribution in [3.63, 3.8) is 0 Å². The van der Waals surface area contributed by atoms with E-state index in [2.05, 4.69) is 0 Å². The van der Waals surface area contributed by atoms with E-state index in [0.29, 0.717) is 19.4 Å². The quantitative estimate of drug-likeness (QED) is 0.617. The minimum absolute atomic E-state index is 0.230. The fraction of sp³-hybridized carbons (Fsp3) is 0.444. The van der Waals surface area contributed by atoms with E-state index in [0.717, 1.165) is 0 Å². The van der Waals surface area contributed by atoms with E-state index in [1.807, 2.05) is 0 Å². The highest BCUT2D eigenvalue weighted by atomic mass is 32.1. The van der Waals surface area contributed by atoms with E-state index in [9.17, 15) is 14.7 Å². The van der Waals surface area contributed by atoms with Crippen LogP contribution in [0.5, 0.6) is 5.88 Å². The summed E-state index contributed by atoms with van der Waals surface area (Å²) < 4.78 is 2.86. The van der Waals surface area contributed by atoms with E-state index in [1.54, 1.807) is 13.8 Å². The van der Waals surface area contributed by atoms with Gasteiger partial charge in [0.05, 0.1) is 0 Å². The van der Waals surface area contributed by atoms with Crippen molar-refractivity contribution in [3.05, 3.63) is 20.7 Å². The molecule has 0 saturated heterocycles. The largest absolute Gasteiger partial charge is 0.494 e. The van der Waals surface area contributed by atoms with Crippen molar-refractivity contribution in [1.82, 2.24) is 9.13 Å². The number of hydrogen-bond acceptors (Lipinski definition) is 4. The molecule has 15 heavy (non-hydrogen) atoms. The van der Waals surface area contributed by atoms with Crippen LogP contribution in [0.15, 0.2) is 4.79 Å². The monoisotopic (exact) mass is 228 g/mol. The second-order valence-corrected chi connectivity index (χ2v) is 3.30. The Bertz CT molecular complexity index is 501. The average molecular weight is 228 g/mol. The van der Waals surface area contributed by atoms with Gasteiger partial charge in [-0.3, -0.25) is 18.7 Å². The van der Waals surface area contributed by atoms with Crippen LogP contribution in [0.1, 0.15) is 24.2 Å². The molecule has 1 N–H and O–H groups in total. The number of carbonyl (C=O) groups is 1. The smallest absolute Gasteiger partial charge is 0.268 e. The van der Waals surface area contributed by atoms with Gasteiger partial charge in [0.25, 0.3) is 5.56 Å². The maximum atomic E-state index is 11.6. The Kier molecular flexibility index (Phi) is 3.41. The SMILES string of the molecule is CCn1c(O)c(C=O)c(=O)n(CC)c1=S. The molecule has 82 valence electrons. The van der Waals surface area contributed by atoms with Crippen LogP contribution in [0.2, 0.25) is 0 Å². The Morgan fingerprint density at radius 1 is 1.33 bits per heavy atom. The van der Waals surface area contributed by atoms with Gasteiger partial charge in [0, 0.05) is 13.1 Å². The summed E-state index contributed by atoms with van der Waals surface area (Å²) in [6.45, 7) is 4.31. The van der Waals surface area contributed by atoms with Crippen molar-refractivity contribution in [2.24, 2.45) is 0 Å². The van der Waals surface area contributed by atoms with Gasteiger partial charge >= 0.3 is 0 Å². The molecule has 0 spiro atoms. The van der Waals surface area contributed by atoms with Gasteiger partial charge in [0.1, 0.15) is 5.56 Å². The molecule has 0 aromatic carbocycles. The Balaban J connectivity index is 3.81. The zero-order chi connectivity index (χ0) is 11.6. The lowest BCUT2D eigenvalue weighted by Crippen LogP contribution is -2.27. The number of aromatic hydroxyl groups is 1. The summed E-state index contributed by atoms with van der Waals surface area (Å²) in [5, 5.41) is 9.62. The molecule has 0 atom stereocenters. The minimum atomic E-state index is -0.542. The first-order chi connectivity index (χ1) is 7.08. The summed E-state index contributed by atoms with van der Waals surface area (Å²) >= 11 is 5.02. The first-order valence-corrected chi connectivity index (χ1v) is 5.01. The van der Waals surface area contributed by atoms with Crippen LogP contribution in [0.25, 0.3) is 0 Å². The topological polar surface area (TPSA) is 64.2 Å². The molecule has 0 fully saturated rings. The summed E-state index contributed by atoms with van der Waals surface area (Å²) in [5.41, 5.74) is -0.785. The third-order valence-electron chi connectivity index (χ3n) is 2.18. The number of rotatable bonds is 3. The fourth-order valence-electron chi connectivity index (χ4n) is 1.38. The van der Waals surface area contributed by atoms with Crippen LogP contribution in [-0.4, -0.2) is 20.5 Å². The molecule has 1 heterocycles. The summed E-state index contributed by atoms with van der Waals surface area (Å²) in [7, 11) is 0. The van der Waals surface area contributed by atoms with Crippen LogP contribution in [0, 0.1) is 4.77 Å². The highest BCUT2D eigenvalue weighted by Gasteiger charge is 2.13. The highest BCUT2D eigenvalue weighted by Crippen LogP contribution is 2.12.